The lowest BCUT2D eigenvalue weighted by molar-refractivity contribution is -0.0396. The zero-order chi connectivity index (χ0) is 21.1. The Balaban J connectivity index is 1.43. The fourth-order valence-corrected chi connectivity index (χ4v) is 7.81. The van der Waals surface area contributed by atoms with E-state index in [1.807, 2.05) is 12.1 Å². The van der Waals surface area contributed by atoms with Crippen molar-refractivity contribution in [3.8, 4) is 5.75 Å². The summed E-state index contributed by atoms with van der Waals surface area (Å²) in [6, 6.07) is 6.14. The third-order valence-corrected chi connectivity index (χ3v) is 9.60. The fourth-order valence-electron chi connectivity index (χ4n) is 7.42. The topological polar surface area (TPSA) is 40.5 Å². The third kappa shape index (κ3) is 4.49. The van der Waals surface area contributed by atoms with E-state index in [1.165, 1.54) is 75.3 Å². The molecule has 4 rings (SSSR count). The average molecular weight is 478 g/mol. The second kappa shape index (κ2) is 9.94. The number of fused-ring (bicyclic) bond motifs is 5. The Morgan fingerprint density at radius 1 is 1.00 bits per heavy atom. The SMILES string of the molecule is C[C@]12CC[C@@H]3c4ccc(O)cc4C[C@@H](CCCCCCCCCBr)[C@H]3[C@@H]1CC[C@@H]2O. The van der Waals surface area contributed by atoms with Gasteiger partial charge in [0.2, 0.25) is 0 Å². The Morgan fingerprint density at radius 3 is 2.50 bits per heavy atom. The quantitative estimate of drug-likeness (QED) is 0.288. The molecule has 0 bridgehead atoms. The number of phenolic OH excluding ortho intramolecular Hbond substituents is 1. The van der Waals surface area contributed by atoms with E-state index in [4.69, 9.17) is 0 Å². The van der Waals surface area contributed by atoms with Gasteiger partial charge < -0.3 is 10.2 Å². The third-order valence-electron chi connectivity index (χ3n) is 9.04. The summed E-state index contributed by atoms with van der Waals surface area (Å²) in [7, 11) is 0. The molecule has 30 heavy (non-hydrogen) atoms. The summed E-state index contributed by atoms with van der Waals surface area (Å²) in [5, 5.41) is 22.0. The highest BCUT2D eigenvalue weighted by Crippen LogP contribution is 2.62. The van der Waals surface area contributed by atoms with Gasteiger partial charge in [-0.2, -0.15) is 0 Å². The minimum absolute atomic E-state index is 0.107. The lowest BCUT2D eigenvalue weighted by atomic mass is 9.52. The van der Waals surface area contributed by atoms with Crippen LogP contribution in [0.2, 0.25) is 0 Å². The number of hydrogen-bond acceptors (Lipinski definition) is 2. The monoisotopic (exact) mass is 476 g/mol. The lowest BCUT2D eigenvalue weighted by Crippen LogP contribution is -2.47. The van der Waals surface area contributed by atoms with Crippen molar-refractivity contribution in [2.45, 2.75) is 102 Å². The highest BCUT2D eigenvalue weighted by molar-refractivity contribution is 9.09. The minimum atomic E-state index is -0.107. The predicted molar refractivity (Wildman–Crippen MR) is 128 cm³/mol. The molecule has 0 heterocycles. The van der Waals surface area contributed by atoms with E-state index in [-0.39, 0.29) is 11.5 Å². The van der Waals surface area contributed by atoms with E-state index >= 15 is 0 Å². The Kier molecular flexibility index (Phi) is 7.51. The highest BCUT2D eigenvalue weighted by atomic mass is 79.9. The first-order valence-corrected chi connectivity index (χ1v) is 13.7. The first-order chi connectivity index (χ1) is 14.5. The molecule has 2 nitrogen and oxygen atoms in total. The average Bonchev–Trinajstić information content (AvgIpc) is 3.04. The van der Waals surface area contributed by atoms with Gasteiger partial charge in [-0.15, -0.1) is 0 Å². The van der Waals surface area contributed by atoms with Gasteiger partial charge in [-0.25, -0.2) is 0 Å². The number of phenols is 1. The molecule has 0 amide bonds. The number of aliphatic hydroxyl groups is 1. The standard InChI is InChI=1S/C27H41BrO2/c1-27-15-14-23-22-11-10-21(29)18-20(22)17-19(26(23)24(27)12-13-25(27)30)9-7-5-3-2-4-6-8-16-28/h10-11,18-19,23-26,29-30H,2-9,12-17H2,1H3/t19-,23-,24+,25+,26-,27+/m1/s1. The van der Waals surface area contributed by atoms with Gasteiger partial charge in [0.15, 0.2) is 0 Å². The molecule has 0 aromatic heterocycles. The number of halogens is 1. The Hall–Kier alpha value is -0.540. The van der Waals surface area contributed by atoms with Crippen LogP contribution in [0.1, 0.15) is 101 Å². The van der Waals surface area contributed by atoms with Crippen molar-refractivity contribution in [1.82, 2.24) is 0 Å². The number of benzene rings is 1. The molecule has 3 aliphatic rings. The van der Waals surface area contributed by atoms with Gasteiger partial charge in [-0.3, -0.25) is 0 Å². The van der Waals surface area contributed by atoms with Crippen molar-refractivity contribution < 1.29 is 10.2 Å². The highest BCUT2D eigenvalue weighted by Gasteiger charge is 2.56. The molecular formula is C27H41BrO2. The zero-order valence-electron chi connectivity index (χ0n) is 18.8. The number of hydrogen-bond donors (Lipinski definition) is 2. The van der Waals surface area contributed by atoms with E-state index in [1.54, 1.807) is 0 Å². The smallest absolute Gasteiger partial charge is 0.115 e. The molecule has 3 heteroatoms. The molecule has 0 aliphatic heterocycles. The van der Waals surface area contributed by atoms with Crippen LogP contribution in [0, 0.1) is 23.2 Å². The Morgan fingerprint density at radius 2 is 1.73 bits per heavy atom. The maximum absolute atomic E-state index is 10.8. The molecule has 1 aromatic carbocycles. The molecule has 0 spiro atoms. The van der Waals surface area contributed by atoms with Gasteiger partial charge >= 0.3 is 0 Å². The summed E-state index contributed by atoms with van der Waals surface area (Å²) in [5.41, 5.74) is 3.03. The van der Waals surface area contributed by atoms with Crippen LogP contribution < -0.4 is 0 Å². The van der Waals surface area contributed by atoms with Crippen LogP contribution in [0.5, 0.6) is 5.75 Å². The maximum atomic E-state index is 10.8. The number of unbranched alkanes of at least 4 members (excludes halogenated alkanes) is 6. The van der Waals surface area contributed by atoms with Gasteiger partial charge in [0, 0.05) is 5.33 Å². The summed E-state index contributed by atoms with van der Waals surface area (Å²) < 4.78 is 0. The largest absolute Gasteiger partial charge is 0.508 e. The predicted octanol–water partition coefficient (Wildman–Crippen LogP) is 7.35. The van der Waals surface area contributed by atoms with E-state index in [0.717, 1.165) is 30.5 Å². The fraction of sp³-hybridized carbons (Fsp3) is 0.778. The molecule has 2 saturated carbocycles. The molecular weight excluding hydrogens is 436 g/mol. The first-order valence-electron chi connectivity index (χ1n) is 12.6. The normalized spacial score (nSPS) is 35.0. The van der Waals surface area contributed by atoms with Crippen molar-refractivity contribution in [2.24, 2.45) is 23.2 Å². The molecule has 6 atom stereocenters. The van der Waals surface area contributed by atoms with Crippen molar-refractivity contribution >= 4 is 15.9 Å². The lowest BCUT2D eigenvalue weighted by Gasteiger charge is -2.53. The number of rotatable bonds is 9. The molecule has 2 fully saturated rings. The molecule has 0 saturated heterocycles. The molecule has 2 N–H and O–H groups in total. The van der Waals surface area contributed by atoms with Gasteiger partial charge in [0.05, 0.1) is 6.10 Å². The number of aliphatic hydroxyl groups excluding tert-OH is 1. The maximum Gasteiger partial charge on any atom is 0.115 e. The van der Waals surface area contributed by atoms with E-state index < -0.39 is 0 Å². The summed E-state index contributed by atoms with van der Waals surface area (Å²) in [6.07, 6.45) is 16.4. The van der Waals surface area contributed by atoms with Crippen LogP contribution in [0.25, 0.3) is 0 Å². The molecule has 3 aliphatic carbocycles. The Labute approximate surface area is 192 Å². The van der Waals surface area contributed by atoms with E-state index in [9.17, 15) is 10.2 Å². The van der Waals surface area contributed by atoms with Crippen molar-refractivity contribution in [2.75, 3.05) is 5.33 Å². The molecule has 1 aromatic rings. The molecule has 0 radical (unpaired) electrons. The van der Waals surface area contributed by atoms with Gasteiger partial charge in [0.25, 0.3) is 0 Å². The van der Waals surface area contributed by atoms with Crippen molar-refractivity contribution in [3.05, 3.63) is 29.3 Å². The van der Waals surface area contributed by atoms with Crippen LogP contribution in [0.3, 0.4) is 0 Å². The van der Waals surface area contributed by atoms with Crippen LogP contribution in [0.15, 0.2) is 18.2 Å². The van der Waals surface area contributed by atoms with Crippen LogP contribution in [-0.4, -0.2) is 21.6 Å². The number of alkyl halides is 1. The molecule has 0 unspecified atom stereocenters. The van der Waals surface area contributed by atoms with E-state index in [0.29, 0.717) is 23.5 Å². The van der Waals surface area contributed by atoms with E-state index in [2.05, 4.69) is 28.9 Å². The van der Waals surface area contributed by atoms with Gasteiger partial charge in [-0.1, -0.05) is 67.4 Å². The summed E-state index contributed by atoms with van der Waals surface area (Å²) in [6.45, 7) is 2.38. The van der Waals surface area contributed by atoms with Crippen molar-refractivity contribution in [3.63, 3.8) is 0 Å². The first kappa shape index (κ1) is 22.6. The summed E-state index contributed by atoms with van der Waals surface area (Å²) >= 11 is 3.53. The van der Waals surface area contributed by atoms with Crippen LogP contribution in [0.4, 0.5) is 0 Å². The van der Waals surface area contributed by atoms with Crippen LogP contribution >= 0.6 is 15.9 Å². The second-order valence-corrected chi connectivity index (χ2v) is 11.5. The zero-order valence-corrected chi connectivity index (χ0v) is 20.4. The van der Waals surface area contributed by atoms with Gasteiger partial charge in [0.1, 0.15) is 5.75 Å². The Bertz CT molecular complexity index is 704. The molecule has 168 valence electrons. The summed E-state index contributed by atoms with van der Waals surface area (Å²) in [4.78, 5) is 0. The summed E-state index contributed by atoms with van der Waals surface area (Å²) in [5.74, 6) is 3.16. The minimum Gasteiger partial charge on any atom is -0.508 e. The number of aromatic hydroxyl groups is 1. The second-order valence-electron chi connectivity index (χ2n) is 10.7. The van der Waals surface area contributed by atoms with Gasteiger partial charge in [-0.05, 0) is 97.3 Å². The van der Waals surface area contributed by atoms with Crippen LogP contribution in [-0.2, 0) is 6.42 Å². The van der Waals surface area contributed by atoms with Crippen molar-refractivity contribution in [1.29, 1.82) is 0 Å².